The smallest absolute Gasteiger partial charge is 0.253 e. The van der Waals surface area contributed by atoms with Crippen LogP contribution in [0.5, 0.6) is 0 Å². The number of thioether (sulfide) groups is 2. The predicted molar refractivity (Wildman–Crippen MR) is 109 cm³/mol. The molecule has 1 aromatic rings. The summed E-state index contributed by atoms with van der Waals surface area (Å²) in [5.41, 5.74) is 1.74. The van der Waals surface area contributed by atoms with Crippen LogP contribution in [0.25, 0.3) is 0 Å². The van der Waals surface area contributed by atoms with Crippen LogP contribution in [0.4, 0.5) is 0 Å². The Hall–Kier alpha value is -1.44. The zero-order valence-corrected chi connectivity index (χ0v) is 17.1. The lowest BCUT2D eigenvalue weighted by Crippen LogP contribution is -2.60. The molecule has 3 aliphatic rings. The molecule has 7 heteroatoms. The number of allylic oxidation sites excluding steroid dienone is 1. The van der Waals surface area contributed by atoms with Gasteiger partial charge in [0, 0.05) is 29.6 Å². The SMILES string of the molecule is CC[C@H](O)[C@@H]1C(=O)N2C(C)=C(S[C@H]3CCN(C(=O)c4ccccc4)C3)S[C@H]12. The Morgan fingerprint density at radius 3 is 2.81 bits per heavy atom. The van der Waals surface area contributed by atoms with E-state index in [9.17, 15) is 14.7 Å². The highest BCUT2D eigenvalue weighted by Crippen LogP contribution is 2.55. The standard InChI is InChI=1S/C20H24N2O3S2/c1-3-15(23)16-18(25)22-12(2)20(27-19(16)22)26-14-9-10-21(11-14)17(24)13-7-5-4-6-8-13/h4-8,14-16,19,23H,3,9-11H2,1-2H3/t14-,15-,16+,19+/m0/s1. The molecule has 0 bridgehead atoms. The molecule has 2 fully saturated rings. The number of carbonyl (C=O) groups excluding carboxylic acids is 2. The molecule has 3 aliphatic heterocycles. The van der Waals surface area contributed by atoms with E-state index in [0.717, 1.165) is 35.0 Å². The lowest BCUT2D eigenvalue weighted by atomic mass is 9.90. The van der Waals surface area contributed by atoms with Gasteiger partial charge in [0.05, 0.1) is 16.3 Å². The van der Waals surface area contributed by atoms with E-state index in [0.29, 0.717) is 11.7 Å². The molecule has 0 aromatic heterocycles. The minimum absolute atomic E-state index is 0.0402. The van der Waals surface area contributed by atoms with Gasteiger partial charge in [0.1, 0.15) is 5.37 Å². The molecule has 1 aromatic carbocycles. The van der Waals surface area contributed by atoms with Gasteiger partial charge in [0.25, 0.3) is 5.91 Å². The molecule has 0 spiro atoms. The van der Waals surface area contributed by atoms with Crippen LogP contribution >= 0.6 is 23.5 Å². The molecule has 5 nitrogen and oxygen atoms in total. The molecule has 144 valence electrons. The maximum atomic E-state index is 12.6. The fourth-order valence-corrected chi connectivity index (χ4v) is 7.18. The molecule has 0 unspecified atom stereocenters. The van der Waals surface area contributed by atoms with Gasteiger partial charge in [-0.05, 0) is 31.9 Å². The third-order valence-corrected chi connectivity index (χ3v) is 8.59. The summed E-state index contributed by atoms with van der Waals surface area (Å²) >= 11 is 3.48. The van der Waals surface area contributed by atoms with Crippen LogP contribution in [-0.2, 0) is 4.79 Å². The van der Waals surface area contributed by atoms with E-state index in [2.05, 4.69) is 0 Å². The first kappa shape index (κ1) is 18.9. The lowest BCUT2D eigenvalue weighted by Gasteiger charge is -2.44. The summed E-state index contributed by atoms with van der Waals surface area (Å²) in [4.78, 5) is 28.8. The summed E-state index contributed by atoms with van der Waals surface area (Å²) in [6.45, 7) is 5.40. The first-order valence-electron chi connectivity index (χ1n) is 9.41. The van der Waals surface area contributed by atoms with Crippen molar-refractivity contribution in [3.8, 4) is 0 Å². The van der Waals surface area contributed by atoms with Gasteiger partial charge in [-0.15, -0.1) is 11.8 Å². The normalized spacial score (nSPS) is 28.4. The van der Waals surface area contributed by atoms with Gasteiger partial charge in [-0.2, -0.15) is 0 Å². The fraction of sp³-hybridized carbons (Fsp3) is 0.500. The van der Waals surface area contributed by atoms with Crippen molar-refractivity contribution in [3.63, 3.8) is 0 Å². The Morgan fingerprint density at radius 1 is 1.37 bits per heavy atom. The summed E-state index contributed by atoms with van der Waals surface area (Å²) in [7, 11) is 0. The third-order valence-electron chi connectivity index (χ3n) is 5.53. The van der Waals surface area contributed by atoms with Gasteiger partial charge in [-0.25, -0.2) is 0 Å². The second-order valence-electron chi connectivity index (χ2n) is 7.24. The maximum absolute atomic E-state index is 12.6. The molecule has 4 atom stereocenters. The number of hydrogen-bond donors (Lipinski definition) is 1. The summed E-state index contributed by atoms with van der Waals surface area (Å²) in [5.74, 6) is -0.149. The highest BCUT2D eigenvalue weighted by atomic mass is 32.2. The zero-order chi connectivity index (χ0) is 19.1. The molecule has 27 heavy (non-hydrogen) atoms. The van der Waals surface area contributed by atoms with E-state index in [1.807, 2.05) is 54.0 Å². The van der Waals surface area contributed by atoms with Crippen LogP contribution in [0.15, 0.2) is 40.3 Å². The fourth-order valence-electron chi connectivity index (χ4n) is 3.91. The van der Waals surface area contributed by atoms with Crippen molar-refractivity contribution >= 4 is 35.3 Å². The Labute approximate surface area is 168 Å². The van der Waals surface area contributed by atoms with Crippen LogP contribution in [-0.4, -0.2) is 56.5 Å². The minimum Gasteiger partial charge on any atom is -0.392 e. The Bertz CT molecular complexity index is 783. The number of fused-ring (bicyclic) bond motifs is 1. The Balaban J connectivity index is 1.38. The first-order chi connectivity index (χ1) is 13.0. The van der Waals surface area contributed by atoms with E-state index in [1.54, 1.807) is 23.5 Å². The number of aliphatic hydroxyl groups excluding tert-OH is 1. The van der Waals surface area contributed by atoms with Crippen LogP contribution in [0.2, 0.25) is 0 Å². The number of carbonyl (C=O) groups is 2. The van der Waals surface area contributed by atoms with Gasteiger partial charge < -0.3 is 14.9 Å². The molecule has 0 saturated carbocycles. The monoisotopic (exact) mass is 404 g/mol. The largest absolute Gasteiger partial charge is 0.392 e. The maximum Gasteiger partial charge on any atom is 0.253 e. The van der Waals surface area contributed by atoms with Gasteiger partial charge in [-0.1, -0.05) is 36.9 Å². The van der Waals surface area contributed by atoms with Gasteiger partial charge >= 0.3 is 0 Å². The molecule has 2 amide bonds. The number of nitrogens with zero attached hydrogens (tertiary/aromatic N) is 2. The van der Waals surface area contributed by atoms with Crippen molar-refractivity contribution < 1.29 is 14.7 Å². The second kappa shape index (κ2) is 7.53. The molecule has 4 rings (SSSR count). The zero-order valence-electron chi connectivity index (χ0n) is 15.5. The topological polar surface area (TPSA) is 60.9 Å². The minimum atomic E-state index is -0.561. The van der Waals surface area contributed by atoms with Gasteiger partial charge in [0.2, 0.25) is 5.91 Å². The highest BCUT2D eigenvalue weighted by molar-refractivity contribution is 8.23. The number of β-lactam (4-membered cyclic amide) rings is 1. The summed E-state index contributed by atoms with van der Waals surface area (Å²) in [6.07, 6.45) is 0.997. The molecular weight excluding hydrogens is 380 g/mol. The molecule has 0 radical (unpaired) electrons. The summed E-state index contributed by atoms with van der Waals surface area (Å²) in [6, 6.07) is 9.41. The highest BCUT2D eigenvalue weighted by Gasteiger charge is 2.55. The van der Waals surface area contributed by atoms with Crippen LogP contribution in [0.1, 0.15) is 37.0 Å². The van der Waals surface area contributed by atoms with E-state index in [4.69, 9.17) is 0 Å². The third kappa shape index (κ3) is 3.30. The van der Waals surface area contributed by atoms with Crippen molar-refractivity contribution in [2.24, 2.45) is 5.92 Å². The molecule has 0 aliphatic carbocycles. The van der Waals surface area contributed by atoms with Crippen molar-refractivity contribution in [1.29, 1.82) is 0 Å². The van der Waals surface area contributed by atoms with E-state index < -0.39 is 6.10 Å². The number of hydrogen-bond acceptors (Lipinski definition) is 5. The Kier molecular flexibility index (Phi) is 5.27. The lowest BCUT2D eigenvalue weighted by molar-refractivity contribution is -0.153. The number of amides is 2. The average molecular weight is 405 g/mol. The quantitative estimate of drug-likeness (QED) is 0.764. The van der Waals surface area contributed by atoms with Gasteiger partial charge in [-0.3, -0.25) is 9.59 Å². The van der Waals surface area contributed by atoms with Crippen molar-refractivity contribution in [1.82, 2.24) is 9.80 Å². The first-order valence-corrected chi connectivity index (χ1v) is 11.2. The molecule has 2 saturated heterocycles. The van der Waals surface area contributed by atoms with Gasteiger partial charge in [0.15, 0.2) is 0 Å². The van der Waals surface area contributed by atoms with E-state index in [-0.39, 0.29) is 23.1 Å². The average Bonchev–Trinajstić information content (AvgIpc) is 3.25. The number of rotatable bonds is 5. The van der Waals surface area contributed by atoms with Crippen LogP contribution in [0.3, 0.4) is 0 Å². The number of aliphatic hydroxyl groups is 1. The molecule has 1 N–H and O–H groups in total. The number of benzene rings is 1. The van der Waals surface area contributed by atoms with Crippen LogP contribution < -0.4 is 0 Å². The number of likely N-dealkylation sites (tertiary alicyclic amines) is 1. The Morgan fingerprint density at radius 2 is 2.11 bits per heavy atom. The summed E-state index contributed by atoms with van der Waals surface area (Å²) in [5, 5.41) is 10.5. The van der Waals surface area contributed by atoms with Crippen molar-refractivity contribution in [3.05, 3.63) is 45.8 Å². The second-order valence-corrected chi connectivity index (χ2v) is 9.93. The molecule has 3 heterocycles. The van der Waals surface area contributed by atoms with E-state index >= 15 is 0 Å². The van der Waals surface area contributed by atoms with Crippen LogP contribution in [0, 0.1) is 5.92 Å². The van der Waals surface area contributed by atoms with E-state index in [1.165, 1.54) is 0 Å². The van der Waals surface area contributed by atoms with Crippen molar-refractivity contribution in [2.45, 2.75) is 43.4 Å². The predicted octanol–water partition coefficient (Wildman–Crippen LogP) is 3.13. The molecular formula is C20H24N2O3S2. The van der Waals surface area contributed by atoms with Crippen molar-refractivity contribution in [2.75, 3.05) is 13.1 Å². The summed E-state index contributed by atoms with van der Waals surface area (Å²) < 4.78 is 1.16.